The zero-order valence-electron chi connectivity index (χ0n) is 13.1. The molecule has 0 unspecified atom stereocenters. The van der Waals surface area contributed by atoms with Crippen LogP contribution in [-0.4, -0.2) is 35.8 Å². The Balaban J connectivity index is 1.81. The van der Waals surface area contributed by atoms with Gasteiger partial charge in [-0.3, -0.25) is 9.59 Å². The number of piperazine rings is 1. The summed E-state index contributed by atoms with van der Waals surface area (Å²) in [5.74, 6) is -0.346. The fourth-order valence-corrected chi connectivity index (χ4v) is 3.16. The SMILES string of the molecule is C[C@H]1C(=O)N(c2ccc(Cl)cc2)CCN1C(=O)c1ccccc1Cl. The van der Waals surface area contributed by atoms with Gasteiger partial charge in [0.05, 0.1) is 10.6 Å². The van der Waals surface area contributed by atoms with Gasteiger partial charge in [0.2, 0.25) is 5.91 Å². The molecule has 1 atom stereocenters. The van der Waals surface area contributed by atoms with Gasteiger partial charge in [-0.1, -0.05) is 35.3 Å². The molecule has 1 saturated heterocycles. The zero-order chi connectivity index (χ0) is 17.3. The molecule has 1 aliphatic heterocycles. The highest BCUT2D eigenvalue weighted by atomic mass is 35.5. The zero-order valence-corrected chi connectivity index (χ0v) is 14.6. The van der Waals surface area contributed by atoms with Crippen LogP contribution in [0.2, 0.25) is 10.0 Å². The van der Waals surface area contributed by atoms with Crippen LogP contribution < -0.4 is 4.90 Å². The standard InChI is InChI=1S/C18H16Cl2N2O2/c1-12-17(23)22(14-8-6-13(19)7-9-14)11-10-21(12)18(24)15-4-2-3-5-16(15)20/h2-9,12H,10-11H2,1H3/t12-/m0/s1. The van der Waals surface area contributed by atoms with Gasteiger partial charge in [-0.2, -0.15) is 0 Å². The van der Waals surface area contributed by atoms with Crippen molar-refractivity contribution in [3.05, 3.63) is 64.1 Å². The maximum absolute atomic E-state index is 12.7. The minimum Gasteiger partial charge on any atom is -0.325 e. The molecule has 0 N–H and O–H groups in total. The van der Waals surface area contributed by atoms with Crippen molar-refractivity contribution in [1.82, 2.24) is 4.90 Å². The van der Waals surface area contributed by atoms with E-state index in [9.17, 15) is 9.59 Å². The number of benzene rings is 2. The van der Waals surface area contributed by atoms with Gasteiger partial charge >= 0.3 is 0 Å². The maximum Gasteiger partial charge on any atom is 0.256 e. The number of rotatable bonds is 2. The van der Waals surface area contributed by atoms with E-state index >= 15 is 0 Å². The van der Waals surface area contributed by atoms with E-state index in [4.69, 9.17) is 23.2 Å². The van der Waals surface area contributed by atoms with Crippen LogP contribution in [0.15, 0.2) is 48.5 Å². The molecule has 3 rings (SSSR count). The van der Waals surface area contributed by atoms with Crippen molar-refractivity contribution in [3.8, 4) is 0 Å². The second kappa shape index (κ2) is 6.83. The monoisotopic (exact) mass is 362 g/mol. The van der Waals surface area contributed by atoms with Crippen LogP contribution in [0.5, 0.6) is 0 Å². The highest BCUT2D eigenvalue weighted by Crippen LogP contribution is 2.25. The summed E-state index contributed by atoms with van der Waals surface area (Å²) in [5, 5.41) is 1.01. The molecule has 0 aliphatic carbocycles. The van der Waals surface area contributed by atoms with E-state index in [-0.39, 0.29) is 11.8 Å². The molecule has 0 bridgehead atoms. The molecule has 0 saturated carbocycles. The number of nitrogens with zero attached hydrogens (tertiary/aromatic N) is 2. The molecule has 4 nitrogen and oxygen atoms in total. The molecule has 6 heteroatoms. The van der Waals surface area contributed by atoms with Crippen molar-refractivity contribution in [1.29, 1.82) is 0 Å². The lowest BCUT2D eigenvalue weighted by atomic mass is 10.1. The van der Waals surface area contributed by atoms with Gasteiger partial charge in [0, 0.05) is 23.8 Å². The maximum atomic E-state index is 12.7. The van der Waals surface area contributed by atoms with Gasteiger partial charge in [-0.25, -0.2) is 0 Å². The fraction of sp³-hybridized carbons (Fsp3) is 0.222. The Morgan fingerprint density at radius 1 is 1.04 bits per heavy atom. The first-order valence-corrected chi connectivity index (χ1v) is 8.37. The number of halogens is 2. The number of amides is 2. The smallest absolute Gasteiger partial charge is 0.256 e. The molecule has 1 fully saturated rings. The molecular weight excluding hydrogens is 347 g/mol. The van der Waals surface area contributed by atoms with Crippen molar-refractivity contribution in [2.45, 2.75) is 13.0 Å². The van der Waals surface area contributed by atoms with Crippen LogP contribution in [0.4, 0.5) is 5.69 Å². The molecule has 2 aromatic rings. The summed E-state index contributed by atoms with van der Waals surface area (Å²) in [6, 6.07) is 13.4. The van der Waals surface area contributed by atoms with E-state index < -0.39 is 6.04 Å². The Morgan fingerprint density at radius 3 is 2.38 bits per heavy atom. The van der Waals surface area contributed by atoms with Crippen LogP contribution in [-0.2, 0) is 4.79 Å². The van der Waals surface area contributed by atoms with Crippen molar-refractivity contribution in [3.63, 3.8) is 0 Å². The molecule has 1 heterocycles. The third-order valence-electron chi connectivity index (χ3n) is 4.16. The Bertz CT molecular complexity index is 777. The highest BCUT2D eigenvalue weighted by molar-refractivity contribution is 6.34. The van der Waals surface area contributed by atoms with Gasteiger partial charge < -0.3 is 9.80 Å². The average molecular weight is 363 g/mol. The van der Waals surface area contributed by atoms with Crippen LogP contribution >= 0.6 is 23.2 Å². The van der Waals surface area contributed by atoms with E-state index in [1.165, 1.54) is 0 Å². The van der Waals surface area contributed by atoms with Gasteiger partial charge in [0.25, 0.3) is 5.91 Å². The largest absolute Gasteiger partial charge is 0.325 e. The van der Waals surface area contributed by atoms with Crippen LogP contribution in [0, 0.1) is 0 Å². The lowest BCUT2D eigenvalue weighted by Gasteiger charge is -2.39. The lowest BCUT2D eigenvalue weighted by molar-refractivity contribution is -0.124. The molecule has 24 heavy (non-hydrogen) atoms. The van der Waals surface area contributed by atoms with Crippen LogP contribution in [0.1, 0.15) is 17.3 Å². The number of carbonyl (C=O) groups excluding carboxylic acids is 2. The van der Waals surface area contributed by atoms with E-state index in [2.05, 4.69) is 0 Å². The molecule has 1 aliphatic rings. The van der Waals surface area contributed by atoms with E-state index in [0.717, 1.165) is 5.69 Å². The number of carbonyl (C=O) groups is 2. The Kier molecular flexibility index (Phi) is 4.78. The van der Waals surface area contributed by atoms with Crippen molar-refractivity contribution >= 4 is 40.7 Å². The molecular formula is C18H16Cl2N2O2. The molecule has 0 aromatic heterocycles. The quantitative estimate of drug-likeness (QED) is 0.813. The number of hydrogen-bond donors (Lipinski definition) is 0. The predicted molar refractivity (Wildman–Crippen MR) is 95.8 cm³/mol. The molecule has 0 spiro atoms. The van der Waals surface area contributed by atoms with Gasteiger partial charge in [0.1, 0.15) is 6.04 Å². The second-order valence-corrected chi connectivity index (χ2v) is 6.46. The van der Waals surface area contributed by atoms with E-state index in [1.54, 1.807) is 65.3 Å². The summed E-state index contributed by atoms with van der Waals surface area (Å²) >= 11 is 12.0. The minimum absolute atomic E-state index is 0.121. The summed E-state index contributed by atoms with van der Waals surface area (Å²) in [5.41, 5.74) is 1.19. The van der Waals surface area contributed by atoms with Crippen molar-refractivity contribution in [2.24, 2.45) is 0 Å². The second-order valence-electron chi connectivity index (χ2n) is 5.62. The van der Waals surface area contributed by atoms with Crippen LogP contribution in [0.3, 0.4) is 0 Å². The summed E-state index contributed by atoms with van der Waals surface area (Å²) in [7, 11) is 0. The normalized spacial score (nSPS) is 18.0. The van der Waals surface area contributed by atoms with E-state index in [1.807, 2.05) is 0 Å². The van der Waals surface area contributed by atoms with Crippen molar-refractivity contribution in [2.75, 3.05) is 18.0 Å². The Morgan fingerprint density at radius 2 is 1.71 bits per heavy atom. The Labute approximate surface area is 150 Å². The van der Waals surface area contributed by atoms with Crippen LogP contribution in [0.25, 0.3) is 0 Å². The molecule has 2 aromatic carbocycles. The number of hydrogen-bond acceptors (Lipinski definition) is 2. The summed E-state index contributed by atoms with van der Waals surface area (Å²) in [6.07, 6.45) is 0. The van der Waals surface area contributed by atoms with E-state index in [0.29, 0.717) is 28.7 Å². The molecule has 124 valence electrons. The first-order chi connectivity index (χ1) is 11.5. The predicted octanol–water partition coefficient (Wildman–Crippen LogP) is 3.87. The first kappa shape index (κ1) is 16.8. The highest BCUT2D eigenvalue weighted by Gasteiger charge is 2.35. The molecule has 2 amide bonds. The summed E-state index contributed by atoms with van der Waals surface area (Å²) in [4.78, 5) is 28.7. The first-order valence-electron chi connectivity index (χ1n) is 7.61. The minimum atomic E-state index is -0.557. The van der Waals surface area contributed by atoms with Crippen molar-refractivity contribution < 1.29 is 9.59 Å². The fourth-order valence-electron chi connectivity index (χ4n) is 2.81. The lowest BCUT2D eigenvalue weighted by Crippen LogP contribution is -2.57. The number of anilines is 1. The van der Waals surface area contributed by atoms with Gasteiger partial charge in [-0.05, 0) is 43.3 Å². The molecule has 0 radical (unpaired) electrons. The van der Waals surface area contributed by atoms with Gasteiger partial charge in [0.15, 0.2) is 0 Å². The summed E-state index contributed by atoms with van der Waals surface area (Å²) < 4.78 is 0. The third-order valence-corrected chi connectivity index (χ3v) is 4.74. The average Bonchev–Trinajstić information content (AvgIpc) is 2.58. The summed E-state index contributed by atoms with van der Waals surface area (Å²) in [6.45, 7) is 2.61. The topological polar surface area (TPSA) is 40.6 Å². The Hall–Kier alpha value is -2.04. The van der Waals surface area contributed by atoms with Gasteiger partial charge in [-0.15, -0.1) is 0 Å². The third kappa shape index (κ3) is 3.12.